The predicted molar refractivity (Wildman–Crippen MR) is 151 cm³/mol. The number of methoxy groups -OCH3 is 1. The molecule has 0 aliphatic rings. The number of thioether (sulfide) groups is 1. The second kappa shape index (κ2) is 14.1. The SMILES string of the molecule is COc1ccc(CSCC(=O)N(Cc2cccc(Br)c2)[C@H](Cc2ccccc2)C(=O)NC(C)C)cc1. The molecule has 7 heteroatoms. The fourth-order valence-electron chi connectivity index (χ4n) is 3.83. The largest absolute Gasteiger partial charge is 0.497 e. The van der Waals surface area contributed by atoms with Gasteiger partial charge in [0.05, 0.1) is 12.9 Å². The summed E-state index contributed by atoms with van der Waals surface area (Å²) in [7, 11) is 1.64. The Bertz CT molecular complexity index is 1120. The van der Waals surface area contributed by atoms with Crippen molar-refractivity contribution in [2.75, 3.05) is 12.9 Å². The van der Waals surface area contributed by atoms with Gasteiger partial charge in [-0.1, -0.05) is 70.5 Å². The fraction of sp³-hybridized carbons (Fsp3) is 0.310. The number of hydrogen-bond acceptors (Lipinski definition) is 4. The highest BCUT2D eigenvalue weighted by Gasteiger charge is 2.30. The van der Waals surface area contributed by atoms with Crippen molar-refractivity contribution in [2.24, 2.45) is 0 Å². The number of nitrogens with zero attached hydrogens (tertiary/aromatic N) is 1. The number of amides is 2. The minimum atomic E-state index is -0.622. The van der Waals surface area contributed by atoms with Gasteiger partial charge in [0, 0.05) is 29.2 Å². The molecular weight excluding hydrogens is 536 g/mol. The monoisotopic (exact) mass is 568 g/mol. The van der Waals surface area contributed by atoms with Gasteiger partial charge in [0.1, 0.15) is 11.8 Å². The molecule has 1 atom stereocenters. The Morgan fingerprint density at radius 2 is 1.64 bits per heavy atom. The number of benzene rings is 3. The van der Waals surface area contributed by atoms with Crippen molar-refractivity contribution >= 4 is 39.5 Å². The third kappa shape index (κ3) is 8.71. The van der Waals surface area contributed by atoms with Crippen molar-refractivity contribution in [1.29, 1.82) is 0 Å². The van der Waals surface area contributed by atoms with E-state index >= 15 is 0 Å². The van der Waals surface area contributed by atoms with Gasteiger partial charge in [-0.15, -0.1) is 11.8 Å². The number of carbonyl (C=O) groups is 2. The van der Waals surface area contributed by atoms with Crippen molar-refractivity contribution < 1.29 is 14.3 Å². The average molecular weight is 570 g/mol. The van der Waals surface area contributed by atoms with Gasteiger partial charge in [0.25, 0.3) is 0 Å². The lowest BCUT2D eigenvalue weighted by molar-refractivity contribution is -0.139. The lowest BCUT2D eigenvalue weighted by Gasteiger charge is -2.32. The highest BCUT2D eigenvalue weighted by molar-refractivity contribution is 9.10. The van der Waals surface area contributed by atoms with Crippen molar-refractivity contribution in [3.63, 3.8) is 0 Å². The van der Waals surface area contributed by atoms with Crippen LogP contribution in [-0.2, 0) is 28.3 Å². The summed E-state index contributed by atoms with van der Waals surface area (Å²) >= 11 is 5.07. The van der Waals surface area contributed by atoms with E-state index in [0.717, 1.165) is 26.9 Å². The maximum absolute atomic E-state index is 13.6. The second-order valence-electron chi connectivity index (χ2n) is 8.86. The van der Waals surface area contributed by atoms with E-state index in [9.17, 15) is 9.59 Å². The molecule has 0 radical (unpaired) electrons. The number of hydrogen-bond donors (Lipinski definition) is 1. The summed E-state index contributed by atoms with van der Waals surface area (Å²) in [5.74, 6) is 1.58. The van der Waals surface area contributed by atoms with Crippen LogP contribution < -0.4 is 10.1 Å². The Hall–Kier alpha value is -2.77. The maximum atomic E-state index is 13.6. The highest BCUT2D eigenvalue weighted by atomic mass is 79.9. The molecule has 0 aliphatic heterocycles. The van der Waals surface area contributed by atoms with Gasteiger partial charge in [-0.2, -0.15) is 0 Å². The van der Waals surface area contributed by atoms with Gasteiger partial charge in [-0.05, 0) is 54.8 Å². The molecule has 0 saturated heterocycles. The summed E-state index contributed by atoms with van der Waals surface area (Å²) in [6.07, 6.45) is 0.447. The zero-order valence-corrected chi connectivity index (χ0v) is 23.3. The van der Waals surface area contributed by atoms with Crippen LogP contribution in [0.2, 0.25) is 0 Å². The Morgan fingerprint density at radius 1 is 0.944 bits per heavy atom. The van der Waals surface area contributed by atoms with Gasteiger partial charge in [-0.25, -0.2) is 0 Å². The second-order valence-corrected chi connectivity index (χ2v) is 10.8. The molecule has 0 heterocycles. The quantitative estimate of drug-likeness (QED) is 0.297. The molecule has 36 heavy (non-hydrogen) atoms. The van der Waals surface area contributed by atoms with Gasteiger partial charge in [0.15, 0.2) is 0 Å². The first kappa shape index (κ1) is 27.8. The molecule has 190 valence electrons. The number of ether oxygens (including phenoxy) is 1. The number of rotatable bonds is 12. The van der Waals surface area contributed by atoms with E-state index in [1.165, 1.54) is 0 Å². The zero-order valence-electron chi connectivity index (χ0n) is 20.9. The Labute approximate surface area is 226 Å². The van der Waals surface area contributed by atoms with Gasteiger partial charge in [-0.3, -0.25) is 9.59 Å². The topological polar surface area (TPSA) is 58.6 Å². The normalized spacial score (nSPS) is 11.7. The van der Waals surface area contributed by atoms with Crippen LogP contribution in [0.25, 0.3) is 0 Å². The molecule has 0 unspecified atom stereocenters. The van der Waals surface area contributed by atoms with Gasteiger partial charge < -0.3 is 15.0 Å². The first-order valence-corrected chi connectivity index (χ1v) is 13.9. The number of carbonyl (C=O) groups excluding carboxylic acids is 2. The van der Waals surface area contributed by atoms with Crippen LogP contribution in [0.15, 0.2) is 83.3 Å². The minimum Gasteiger partial charge on any atom is -0.497 e. The molecule has 3 aromatic carbocycles. The van der Waals surface area contributed by atoms with Crippen LogP contribution in [0, 0.1) is 0 Å². The van der Waals surface area contributed by atoms with Gasteiger partial charge in [0.2, 0.25) is 11.8 Å². The summed E-state index contributed by atoms with van der Waals surface area (Å²) in [5, 5.41) is 3.03. The van der Waals surface area contributed by atoms with Crippen molar-refractivity contribution in [3.05, 3.63) is 100 Å². The van der Waals surface area contributed by atoms with Crippen molar-refractivity contribution in [3.8, 4) is 5.75 Å². The van der Waals surface area contributed by atoms with E-state index in [1.807, 2.05) is 92.7 Å². The van der Waals surface area contributed by atoms with Crippen LogP contribution in [0.3, 0.4) is 0 Å². The molecule has 3 rings (SSSR count). The third-order valence-electron chi connectivity index (χ3n) is 5.60. The van der Waals surface area contributed by atoms with Crippen LogP contribution in [-0.4, -0.2) is 41.7 Å². The average Bonchev–Trinajstić information content (AvgIpc) is 2.86. The first-order chi connectivity index (χ1) is 17.4. The molecule has 1 N–H and O–H groups in total. The predicted octanol–water partition coefficient (Wildman–Crippen LogP) is 5.86. The molecule has 0 aromatic heterocycles. The zero-order chi connectivity index (χ0) is 25.9. The van der Waals surface area contributed by atoms with E-state index in [4.69, 9.17) is 4.74 Å². The molecule has 0 spiro atoms. The fourth-order valence-corrected chi connectivity index (χ4v) is 5.14. The van der Waals surface area contributed by atoms with E-state index in [-0.39, 0.29) is 23.6 Å². The molecule has 0 aliphatic carbocycles. The molecule has 5 nitrogen and oxygen atoms in total. The molecule has 0 saturated carbocycles. The molecule has 2 amide bonds. The summed E-state index contributed by atoms with van der Waals surface area (Å²) in [6.45, 7) is 4.22. The van der Waals surface area contributed by atoms with Crippen LogP contribution >= 0.6 is 27.7 Å². The van der Waals surface area contributed by atoms with Crippen molar-refractivity contribution in [2.45, 2.75) is 44.6 Å². The van der Waals surface area contributed by atoms with Crippen molar-refractivity contribution in [1.82, 2.24) is 10.2 Å². The minimum absolute atomic E-state index is 0.0250. The molecule has 3 aromatic rings. The van der Waals surface area contributed by atoms with E-state index in [1.54, 1.807) is 23.8 Å². The smallest absolute Gasteiger partial charge is 0.243 e. The van der Waals surface area contributed by atoms with Crippen LogP contribution in [0.1, 0.15) is 30.5 Å². The lowest BCUT2D eigenvalue weighted by Crippen LogP contribution is -2.52. The first-order valence-electron chi connectivity index (χ1n) is 11.9. The van der Waals surface area contributed by atoms with E-state index in [0.29, 0.717) is 18.7 Å². The number of nitrogens with one attached hydrogen (secondary N) is 1. The Kier molecular flexibility index (Phi) is 10.9. The summed E-state index contributed by atoms with van der Waals surface area (Å²) in [5.41, 5.74) is 3.10. The van der Waals surface area contributed by atoms with Gasteiger partial charge >= 0.3 is 0 Å². The molecular formula is C29H33BrN2O3S. The maximum Gasteiger partial charge on any atom is 0.243 e. The molecule has 0 bridgehead atoms. The van der Waals surface area contributed by atoms with E-state index < -0.39 is 6.04 Å². The van der Waals surface area contributed by atoms with E-state index in [2.05, 4.69) is 21.2 Å². The van der Waals surface area contributed by atoms with Crippen LogP contribution in [0.4, 0.5) is 0 Å². The molecule has 0 fully saturated rings. The Balaban J connectivity index is 1.82. The summed E-state index contributed by atoms with van der Waals surface area (Å²) < 4.78 is 6.16. The lowest BCUT2D eigenvalue weighted by atomic mass is 10.0. The Morgan fingerprint density at radius 3 is 2.28 bits per heavy atom. The number of halogens is 1. The standard InChI is InChI=1S/C29H33BrN2O3S/c1-21(2)31-29(34)27(17-22-8-5-4-6-9-22)32(18-24-10-7-11-25(30)16-24)28(33)20-36-19-23-12-14-26(35-3)15-13-23/h4-16,21,27H,17-20H2,1-3H3,(H,31,34)/t27-/m1/s1. The summed E-state index contributed by atoms with van der Waals surface area (Å²) in [6, 6.07) is 24.9. The highest BCUT2D eigenvalue weighted by Crippen LogP contribution is 2.21. The van der Waals surface area contributed by atoms with Crippen LogP contribution in [0.5, 0.6) is 5.75 Å². The summed E-state index contributed by atoms with van der Waals surface area (Å²) in [4.78, 5) is 28.8. The third-order valence-corrected chi connectivity index (χ3v) is 7.08.